The summed E-state index contributed by atoms with van der Waals surface area (Å²) in [6.45, 7) is 6.28. The van der Waals surface area contributed by atoms with Gasteiger partial charge in [-0.1, -0.05) is 42.8 Å². The first-order valence-electron chi connectivity index (χ1n) is 6.22. The molecule has 0 spiro atoms. The molecule has 1 aromatic carbocycles. The fourth-order valence-electron chi connectivity index (χ4n) is 1.90. The van der Waals surface area contributed by atoms with Gasteiger partial charge in [0.05, 0.1) is 6.04 Å². The van der Waals surface area contributed by atoms with E-state index in [2.05, 4.69) is 24.0 Å². The highest BCUT2D eigenvalue weighted by Crippen LogP contribution is 2.21. The molecule has 1 heterocycles. The van der Waals surface area contributed by atoms with E-state index in [9.17, 15) is 0 Å². The van der Waals surface area contributed by atoms with Gasteiger partial charge in [-0.15, -0.1) is 0 Å². The summed E-state index contributed by atoms with van der Waals surface area (Å²) in [5.41, 5.74) is 8.15. The van der Waals surface area contributed by atoms with Crippen LogP contribution in [0.15, 0.2) is 28.8 Å². The molecule has 2 rings (SSSR count). The quantitative estimate of drug-likeness (QED) is 0.899. The van der Waals surface area contributed by atoms with Gasteiger partial charge >= 0.3 is 0 Å². The number of nitrogens with zero attached hydrogens (tertiary/aromatic N) is 2. The van der Waals surface area contributed by atoms with Crippen molar-refractivity contribution in [3.63, 3.8) is 0 Å². The molecule has 0 bridgehead atoms. The molecule has 4 heteroatoms. The maximum atomic E-state index is 6.02. The minimum Gasteiger partial charge on any atom is -0.337 e. The molecular formula is C14H19N3O. The Morgan fingerprint density at radius 3 is 2.78 bits per heavy atom. The van der Waals surface area contributed by atoms with Gasteiger partial charge in [0.25, 0.3) is 0 Å². The van der Waals surface area contributed by atoms with Crippen LogP contribution in [0.1, 0.15) is 37.8 Å². The molecule has 1 atom stereocenters. The average molecular weight is 245 g/mol. The van der Waals surface area contributed by atoms with E-state index >= 15 is 0 Å². The molecule has 0 aliphatic heterocycles. The van der Waals surface area contributed by atoms with Crippen LogP contribution in [0.2, 0.25) is 0 Å². The van der Waals surface area contributed by atoms with Gasteiger partial charge in [0, 0.05) is 5.56 Å². The van der Waals surface area contributed by atoms with Crippen molar-refractivity contribution in [2.45, 2.75) is 33.2 Å². The second-order valence-electron chi connectivity index (χ2n) is 5.06. The first kappa shape index (κ1) is 12.8. The molecule has 0 amide bonds. The highest BCUT2D eigenvalue weighted by molar-refractivity contribution is 5.55. The van der Waals surface area contributed by atoms with Crippen molar-refractivity contribution >= 4 is 0 Å². The van der Waals surface area contributed by atoms with Gasteiger partial charge in [0.1, 0.15) is 0 Å². The summed E-state index contributed by atoms with van der Waals surface area (Å²) in [6.07, 6.45) is 0.843. The first-order chi connectivity index (χ1) is 8.56. The molecule has 2 N–H and O–H groups in total. The van der Waals surface area contributed by atoms with Gasteiger partial charge < -0.3 is 10.3 Å². The van der Waals surface area contributed by atoms with E-state index in [-0.39, 0.29) is 6.04 Å². The maximum Gasteiger partial charge on any atom is 0.243 e. The Balaban J connectivity index is 2.20. The Labute approximate surface area is 107 Å². The Morgan fingerprint density at radius 1 is 1.33 bits per heavy atom. The van der Waals surface area contributed by atoms with E-state index in [1.807, 2.05) is 31.2 Å². The lowest BCUT2D eigenvalue weighted by Gasteiger charge is -2.08. The number of benzene rings is 1. The van der Waals surface area contributed by atoms with Gasteiger partial charge in [-0.25, -0.2) is 0 Å². The van der Waals surface area contributed by atoms with E-state index in [0.717, 1.165) is 12.0 Å². The van der Waals surface area contributed by atoms with Gasteiger partial charge in [-0.2, -0.15) is 4.98 Å². The highest BCUT2D eigenvalue weighted by atomic mass is 16.5. The summed E-state index contributed by atoms with van der Waals surface area (Å²) < 4.78 is 5.24. The number of hydrogen-bond donors (Lipinski definition) is 1. The van der Waals surface area contributed by atoms with Crippen LogP contribution in [0.4, 0.5) is 0 Å². The van der Waals surface area contributed by atoms with Crippen molar-refractivity contribution in [2.75, 3.05) is 0 Å². The number of nitrogens with two attached hydrogens (primary N) is 1. The first-order valence-corrected chi connectivity index (χ1v) is 6.22. The summed E-state index contributed by atoms with van der Waals surface area (Å²) in [6, 6.07) is 7.83. The van der Waals surface area contributed by atoms with Gasteiger partial charge in [0.2, 0.25) is 11.7 Å². The Kier molecular flexibility index (Phi) is 3.77. The summed E-state index contributed by atoms with van der Waals surface area (Å²) in [7, 11) is 0. The van der Waals surface area contributed by atoms with Crippen LogP contribution < -0.4 is 5.73 Å². The Morgan fingerprint density at radius 2 is 2.11 bits per heavy atom. The number of aromatic nitrogens is 2. The molecule has 0 radical (unpaired) electrons. The molecule has 0 saturated carbocycles. The summed E-state index contributed by atoms with van der Waals surface area (Å²) in [4.78, 5) is 4.37. The van der Waals surface area contributed by atoms with Gasteiger partial charge in [0.15, 0.2) is 0 Å². The lowest BCUT2D eigenvalue weighted by Crippen LogP contribution is -2.13. The minimum atomic E-state index is -0.184. The van der Waals surface area contributed by atoms with Crippen LogP contribution in [0, 0.1) is 12.8 Å². The molecule has 2 aromatic rings. The van der Waals surface area contributed by atoms with E-state index < -0.39 is 0 Å². The molecule has 1 unspecified atom stereocenters. The second kappa shape index (κ2) is 5.31. The second-order valence-corrected chi connectivity index (χ2v) is 5.06. The summed E-state index contributed by atoms with van der Waals surface area (Å²) in [5.74, 6) is 1.63. The molecule has 0 aliphatic carbocycles. The van der Waals surface area contributed by atoms with Crippen LogP contribution in [0.25, 0.3) is 11.4 Å². The largest absolute Gasteiger partial charge is 0.337 e. The number of hydrogen-bond acceptors (Lipinski definition) is 4. The summed E-state index contributed by atoms with van der Waals surface area (Å²) >= 11 is 0. The smallest absolute Gasteiger partial charge is 0.243 e. The monoisotopic (exact) mass is 245 g/mol. The van der Waals surface area contributed by atoms with Crippen LogP contribution in [0.5, 0.6) is 0 Å². The van der Waals surface area contributed by atoms with E-state index in [0.29, 0.717) is 17.6 Å². The van der Waals surface area contributed by atoms with Crippen LogP contribution >= 0.6 is 0 Å². The van der Waals surface area contributed by atoms with Crippen molar-refractivity contribution in [1.29, 1.82) is 0 Å². The summed E-state index contributed by atoms with van der Waals surface area (Å²) in [5, 5.41) is 3.99. The zero-order chi connectivity index (χ0) is 13.1. The Hall–Kier alpha value is -1.68. The zero-order valence-electron chi connectivity index (χ0n) is 11.1. The Bertz CT molecular complexity index is 519. The number of rotatable bonds is 4. The normalized spacial score (nSPS) is 12.9. The van der Waals surface area contributed by atoms with Crippen molar-refractivity contribution < 1.29 is 4.52 Å². The maximum absolute atomic E-state index is 6.02. The van der Waals surface area contributed by atoms with Crippen LogP contribution in [-0.4, -0.2) is 10.1 Å². The third kappa shape index (κ3) is 2.96. The average Bonchev–Trinajstić information content (AvgIpc) is 2.77. The fourth-order valence-corrected chi connectivity index (χ4v) is 1.90. The van der Waals surface area contributed by atoms with Gasteiger partial charge in [-0.05, 0) is 25.3 Å². The number of aryl methyl sites for hydroxylation is 1. The molecule has 1 aromatic heterocycles. The van der Waals surface area contributed by atoms with Crippen molar-refractivity contribution in [1.82, 2.24) is 10.1 Å². The third-order valence-electron chi connectivity index (χ3n) is 2.76. The van der Waals surface area contributed by atoms with E-state index in [1.54, 1.807) is 0 Å². The molecule has 18 heavy (non-hydrogen) atoms. The highest BCUT2D eigenvalue weighted by Gasteiger charge is 2.16. The lowest BCUT2D eigenvalue weighted by atomic mass is 10.0. The lowest BCUT2D eigenvalue weighted by molar-refractivity contribution is 0.335. The molecular weight excluding hydrogens is 226 g/mol. The molecule has 0 fully saturated rings. The minimum absolute atomic E-state index is 0.184. The van der Waals surface area contributed by atoms with Gasteiger partial charge in [-0.3, -0.25) is 0 Å². The van der Waals surface area contributed by atoms with Crippen molar-refractivity contribution in [2.24, 2.45) is 11.7 Å². The van der Waals surface area contributed by atoms with E-state index in [1.165, 1.54) is 5.56 Å². The molecule has 4 nitrogen and oxygen atoms in total. The molecule has 0 aliphatic rings. The third-order valence-corrected chi connectivity index (χ3v) is 2.76. The molecule has 0 saturated heterocycles. The predicted octanol–water partition coefficient (Wildman–Crippen LogP) is 3.09. The predicted molar refractivity (Wildman–Crippen MR) is 70.9 cm³/mol. The van der Waals surface area contributed by atoms with Crippen molar-refractivity contribution in [3.05, 3.63) is 35.7 Å². The van der Waals surface area contributed by atoms with Crippen LogP contribution in [0.3, 0.4) is 0 Å². The van der Waals surface area contributed by atoms with Crippen LogP contribution in [-0.2, 0) is 0 Å². The van der Waals surface area contributed by atoms with E-state index in [4.69, 9.17) is 10.3 Å². The molecule has 96 valence electrons. The zero-order valence-corrected chi connectivity index (χ0v) is 11.1. The topological polar surface area (TPSA) is 64.9 Å². The fraction of sp³-hybridized carbons (Fsp3) is 0.429. The SMILES string of the molecule is Cc1cccc(-c2noc(C(N)CC(C)C)n2)c1. The standard InChI is InChI=1S/C14H19N3O/c1-9(2)7-12(15)14-16-13(17-18-14)11-6-4-5-10(3)8-11/h4-6,8-9,12H,7,15H2,1-3H3. The van der Waals surface area contributed by atoms with Crippen molar-refractivity contribution in [3.8, 4) is 11.4 Å².